The van der Waals surface area contributed by atoms with Crippen molar-refractivity contribution in [3.05, 3.63) is 4.91 Å². The van der Waals surface area contributed by atoms with E-state index in [0.717, 1.165) is 50.9 Å². The molecule has 0 aromatic carbocycles. The van der Waals surface area contributed by atoms with E-state index in [0.29, 0.717) is 11.9 Å². The van der Waals surface area contributed by atoms with Crippen LogP contribution in [0.5, 0.6) is 0 Å². The van der Waals surface area contributed by atoms with Crippen LogP contribution in [-0.4, -0.2) is 35.4 Å². The molecule has 0 spiro atoms. The Morgan fingerprint density at radius 3 is 2.52 bits per heavy atom. The Morgan fingerprint density at radius 1 is 1.16 bits per heavy atom. The van der Waals surface area contributed by atoms with Crippen LogP contribution in [0.4, 0.5) is 0 Å². The van der Waals surface area contributed by atoms with Crippen molar-refractivity contribution in [2.45, 2.75) is 88.6 Å². The summed E-state index contributed by atoms with van der Waals surface area (Å²) in [6.07, 6.45) is 12.8. The molecule has 3 rings (SSSR count). The van der Waals surface area contributed by atoms with Crippen LogP contribution in [0.1, 0.15) is 77.0 Å². The fourth-order valence-electron chi connectivity index (χ4n) is 5.10. The quantitative estimate of drug-likeness (QED) is 0.744. The molecule has 6 nitrogen and oxygen atoms in total. The number of nitroso groups, excluding NO2 is 1. The third-order valence-electron chi connectivity index (χ3n) is 6.60. The van der Waals surface area contributed by atoms with Gasteiger partial charge in [0.15, 0.2) is 5.96 Å². The molecule has 2 aliphatic carbocycles. The van der Waals surface area contributed by atoms with Gasteiger partial charge in [-0.15, -0.1) is 0 Å². The number of hydrogen-bond donors (Lipinski definition) is 1. The number of carbonyl (C=O) groups excluding carboxylic acids is 1. The lowest BCUT2D eigenvalue weighted by atomic mass is 9.74. The van der Waals surface area contributed by atoms with Crippen molar-refractivity contribution in [1.82, 2.24) is 4.90 Å². The average Bonchev–Trinajstić information content (AvgIpc) is 2.85. The van der Waals surface area contributed by atoms with E-state index < -0.39 is 5.54 Å². The number of hydrogen-bond acceptors (Lipinski definition) is 5. The number of carbonyl (C=O) groups is 1. The molecule has 0 aromatic rings. The Hall–Kier alpha value is -1.46. The van der Waals surface area contributed by atoms with Gasteiger partial charge in [-0.2, -0.15) is 4.91 Å². The summed E-state index contributed by atoms with van der Waals surface area (Å²) in [6.45, 7) is 0. The molecule has 1 amide bonds. The van der Waals surface area contributed by atoms with Crippen LogP contribution in [0.3, 0.4) is 0 Å². The van der Waals surface area contributed by atoms with Gasteiger partial charge < -0.3 is 5.73 Å². The number of rotatable bonds is 6. The maximum absolute atomic E-state index is 13.0. The van der Waals surface area contributed by atoms with E-state index in [1.807, 2.05) is 0 Å². The van der Waals surface area contributed by atoms with Crippen LogP contribution in [0.25, 0.3) is 0 Å². The maximum atomic E-state index is 13.0. The highest BCUT2D eigenvalue weighted by Gasteiger charge is 2.48. The van der Waals surface area contributed by atoms with E-state index in [9.17, 15) is 9.70 Å². The van der Waals surface area contributed by atoms with Crippen LogP contribution < -0.4 is 5.73 Å². The molecule has 2 saturated carbocycles. The predicted octanol–water partition coefficient (Wildman–Crippen LogP) is 3.59. The van der Waals surface area contributed by atoms with Gasteiger partial charge in [-0.05, 0) is 43.9 Å². The number of aliphatic imine (C=N–C) groups is 1. The average molecular weight is 348 g/mol. The number of nitrogens with two attached hydrogens (primary N) is 1. The summed E-state index contributed by atoms with van der Waals surface area (Å²) in [5.74, 6) is 1.45. The Kier molecular flexibility index (Phi) is 5.74. The summed E-state index contributed by atoms with van der Waals surface area (Å²) in [7, 11) is 1.72. The van der Waals surface area contributed by atoms with Crippen molar-refractivity contribution in [2.75, 3.05) is 7.05 Å². The van der Waals surface area contributed by atoms with Crippen molar-refractivity contribution in [2.24, 2.45) is 27.7 Å². The van der Waals surface area contributed by atoms with Gasteiger partial charge in [0.05, 0.1) is 6.04 Å². The van der Waals surface area contributed by atoms with Gasteiger partial charge in [0.25, 0.3) is 5.91 Å². The molecular weight excluding hydrogens is 316 g/mol. The van der Waals surface area contributed by atoms with E-state index in [4.69, 9.17) is 5.73 Å². The van der Waals surface area contributed by atoms with E-state index in [1.54, 1.807) is 7.05 Å². The predicted molar refractivity (Wildman–Crippen MR) is 99.1 cm³/mol. The third-order valence-corrected chi connectivity index (χ3v) is 6.60. The van der Waals surface area contributed by atoms with Crippen LogP contribution in [0, 0.1) is 16.7 Å². The van der Waals surface area contributed by atoms with Crippen molar-refractivity contribution in [1.29, 1.82) is 0 Å². The molecule has 1 heterocycles. The van der Waals surface area contributed by atoms with Gasteiger partial charge >= 0.3 is 0 Å². The van der Waals surface area contributed by atoms with Crippen molar-refractivity contribution < 1.29 is 4.79 Å². The molecule has 3 aliphatic rings. The smallest absolute Gasteiger partial charge is 0.257 e. The molecule has 6 heteroatoms. The molecule has 1 unspecified atom stereocenters. The molecule has 2 N–H and O–H groups in total. The second-order valence-corrected chi connectivity index (χ2v) is 8.40. The first-order valence-electron chi connectivity index (χ1n) is 10.00. The zero-order valence-electron chi connectivity index (χ0n) is 15.5. The van der Waals surface area contributed by atoms with Crippen LogP contribution in [0.15, 0.2) is 10.2 Å². The molecule has 1 aliphatic heterocycles. The molecule has 140 valence electrons. The van der Waals surface area contributed by atoms with E-state index in [1.165, 1.54) is 37.0 Å². The molecule has 0 saturated heterocycles. The number of nitrogens with zero attached hydrogens (tertiary/aromatic N) is 3. The van der Waals surface area contributed by atoms with Crippen molar-refractivity contribution >= 4 is 11.9 Å². The first-order chi connectivity index (χ1) is 12.0. The topological polar surface area (TPSA) is 88.1 Å². The highest BCUT2D eigenvalue weighted by Crippen LogP contribution is 2.40. The molecule has 0 radical (unpaired) electrons. The highest BCUT2D eigenvalue weighted by atomic mass is 16.3. The van der Waals surface area contributed by atoms with Gasteiger partial charge in [-0.3, -0.25) is 9.69 Å². The van der Waals surface area contributed by atoms with Crippen LogP contribution in [0.2, 0.25) is 0 Å². The third kappa shape index (κ3) is 4.04. The number of likely N-dealkylation sites (N-methyl/N-ethyl adjacent to an activating group) is 1. The highest BCUT2D eigenvalue weighted by molar-refractivity contribution is 6.06. The van der Waals surface area contributed by atoms with E-state index >= 15 is 0 Å². The van der Waals surface area contributed by atoms with E-state index in [2.05, 4.69) is 10.2 Å². The molecule has 2 fully saturated rings. The lowest BCUT2D eigenvalue weighted by Gasteiger charge is -2.34. The fourth-order valence-corrected chi connectivity index (χ4v) is 5.10. The maximum Gasteiger partial charge on any atom is 0.257 e. The standard InChI is InChI=1S/C19H32N4O2/c1-23-17(24)19(21-18(23)20,11-10-14-6-3-2-4-7-14)13-15-8-5-9-16(12-15)22-25/h14-16H,2-13H2,1H3,(H2,20,21)/t15-,16?,19-/m1/s1. The summed E-state index contributed by atoms with van der Waals surface area (Å²) in [5.41, 5.74) is 5.30. The minimum atomic E-state index is -0.703. The molecular formula is C19H32N4O2. The Morgan fingerprint density at radius 2 is 1.88 bits per heavy atom. The van der Waals surface area contributed by atoms with Gasteiger partial charge in [0, 0.05) is 7.05 Å². The first kappa shape index (κ1) is 18.3. The van der Waals surface area contributed by atoms with Gasteiger partial charge in [0.1, 0.15) is 5.54 Å². The zero-order valence-corrected chi connectivity index (χ0v) is 15.5. The largest absolute Gasteiger partial charge is 0.369 e. The van der Waals surface area contributed by atoms with Crippen molar-refractivity contribution in [3.63, 3.8) is 0 Å². The molecule has 0 aromatic heterocycles. The van der Waals surface area contributed by atoms with E-state index in [-0.39, 0.29) is 11.9 Å². The Labute approximate surface area is 150 Å². The summed E-state index contributed by atoms with van der Waals surface area (Å²) in [5, 5.41) is 3.26. The lowest BCUT2D eigenvalue weighted by Crippen LogP contribution is -2.44. The minimum absolute atomic E-state index is 0.0435. The second-order valence-electron chi connectivity index (χ2n) is 8.40. The Balaban J connectivity index is 1.70. The lowest BCUT2D eigenvalue weighted by molar-refractivity contribution is -0.131. The number of guanidine groups is 1. The van der Waals surface area contributed by atoms with Gasteiger partial charge in [0.2, 0.25) is 0 Å². The van der Waals surface area contributed by atoms with Crippen LogP contribution >= 0.6 is 0 Å². The SMILES string of the molecule is CN1C(=O)[C@@](CCC2CCCCC2)(C[C@@H]2CCCC(N=O)C2)N=C1N. The molecule has 3 atom stereocenters. The first-order valence-corrected chi connectivity index (χ1v) is 10.00. The summed E-state index contributed by atoms with van der Waals surface area (Å²) < 4.78 is 0. The monoisotopic (exact) mass is 348 g/mol. The minimum Gasteiger partial charge on any atom is -0.369 e. The number of amides is 1. The summed E-state index contributed by atoms with van der Waals surface area (Å²) in [4.78, 5) is 30.1. The molecule has 0 bridgehead atoms. The molecule has 25 heavy (non-hydrogen) atoms. The Bertz CT molecular complexity index is 530. The van der Waals surface area contributed by atoms with Gasteiger partial charge in [-0.1, -0.05) is 50.1 Å². The second kappa shape index (κ2) is 7.83. The van der Waals surface area contributed by atoms with Crippen molar-refractivity contribution in [3.8, 4) is 0 Å². The zero-order chi connectivity index (χ0) is 17.9. The summed E-state index contributed by atoms with van der Waals surface area (Å²) >= 11 is 0. The normalized spacial score (nSPS) is 34.2. The summed E-state index contributed by atoms with van der Waals surface area (Å²) in [6, 6.07) is -0.0929. The fraction of sp³-hybridized carbons (Fsp3) is 0.895. The van der Waals surface area contributed by atoms with Gasteiger partial charge in [-0.25, -0.2) is 4.99 Å². The van der Waals surface area contributed by atoms with Crippen LogP contribution in [-0.2, 0) is 4.79 Å².